The van der Waals surface area contributed by atoms with E-state index in [0.29, 0.717) is 24.1 Å². The van der Waals surface area contributed by atoms with Crippen molar-refractivity contribution >= 4 is 43.5 Å². The van der Waals surface area contributed by atoms with Gasteiger partial charge in [0.05, 0.1) is 5.56 Å². The fraction of sp³-hybridized carbons (Fsp3) is 0.273. The second kappa shape index (κ2) is 5.98. The summed E-state index contributed by atoms with van der Waals surface area (Å²) in [6.45, 7) is 0. The zero-order valence-electron chi connectivity index (χ0n) is 8.79. The van der Waals surface area contributed by atoms with Crippen LogP contribution in [0.5, 0.6) is 0 Å². The van der Waals surface area contributed by atoms with Gasteiger partial charge in [-0.1, -0.05) is 15.9 Å². The summed E-state index contributed by atoms with van der Waals surface area (Å²) in [4.78, 5) is 0. The minimum Gasteiger partial charge on any atom is -0.421 e. The molecule has 0 N–H and O–H groups in total. The van der Waals surface area contributed by atoms with Crippen molar-refractivity contribution in [1.82, 2.24) is 10.2 Å². The van der Waals surface area contributed by atoms with Gasteiger partial charge in [-0.05, 0) is 40.5 Å². The third-order valence-electron chi connectivity index (χ3n) is 2.15. The Labute approximate surface area is 121 Å². The molecule has 0 aliphatic heterocycles. The number of aromatic nitrogens is 2. The largest absolute Gasteiger partial charge is 0.421 e. The molecule has 1 aromatic heterocycles. The molecule has 0 aliphatic carbocycles. The molecule has 1 aromatic carbocycles. The Hall–Kier alpha value is -0.390. The van der Waals surface area contributed by atoms with E-state index in [4.69, 9.17) is 16.0 Å². The van der Waals surface area contributed by atoms with Gasteiger partial charge in [0.15, 0.2) is 0 Å². The van der Waals surface area contributed by atoms with Crippen LogP contribution in [0.4, 0.5) is 0 Å². The predicted octanol–water partition coefficient (Wildman–Crippen LogP) is 4.43. The SMILES string of the molecule is ClCCCc1nnc(-c2ccc(Br)cc2Br)o1. The van der Waals surface area contributed by atoms with Crippen molar-refractivity contribution in [2.45, 2.75) is 12.8 Å². The third kappa shape index (κ3) is 3.30. The van der Waals surface area contributed by atoms with Crippen molar-refractivity contribution in [3.05, 3.63) is 33.0 Å². The zero-order valence-corrected chi connectivity index (χ0v) is 12.7. The van der Waals surface area contributed by atoms with E-state index < -0.39 is 0 Å². The van der Waals surface area contributed by atoms with Crippen molar-refractivity contribution in [2.75, 3.05) is 5.88 Å². The molecule has 17 heavy (non-hydrogen) atoms. The Morgan fingerprint density at radius 2 is 2.06 bits per heavy atom. The molecule has 0 aliphatic rings. The van der Waals surface area contributed by atoms with Crippen LogP contribution in [0.2, 0.25) is 0 Å². The van der Waals surface area contributed by atoms with E-state index in [2.05, 4.69) is 42.1 Å². The Morgan fingerprint density at radius 1 is 1.24 bits per heavy atom. The minimum absolute atomic E-state index is 0.522. The van der Waals surface area contributed by atoms with Crippen LogP contribution in [0.25, 0.3) is 11.5 Å². The topological polar surface area (TPSA) is 38.9 Å². The van der Waals surface area contributed by atoms with Crippen LogP contribution < -0.4 is 0 Å². The molecule has 0 saturated carbocycles. The molecule has 2 rings (SSSR count). The second-order valence-electron chi connectivity index (χ2n) is 3.42. The maximum absolute atomic E-state index is 5.62. The minimum atomic E-state index is 0.522. The van der Waals surface area contributed by atoms with E-state index in [1.54, 1.807) is 0 Å². The van der Waals surface area contributed by atoms with E-state index in [-0.39, 0.29) is 0 Å². The van der Waals surface area contributed by atoms with Crippen LogP contribution in [-0.2, 0) is 6.42 Å². The van der Waals surface area contributed by atoms with Crippen molar-refractivity contribution in [1.29, 1.82) is 0 Å². The Morgan fingerprint density at radius 3 is 2.76 bits per heavy atom. The second-order valence-corrected chi connectivity index (χ2v) is 5.57. The highest BCUT2D eigenvalue weighted by Gasteiger charge is 2.11. The first kappa shape index (κ1) is 13.1. The van der Waals surface area contributed by atoms with E-state index in [1.807, 2.05) is 18.2 Å². The summed E-state index contributed by atoms with van der Waals surface area (Å²) < 4.78 is 7.48. The van der Waals surface area contributed by atoms with Gasteiger partial charge in [-0.2, -0.15) is 0 Å². The molecule has 0 spiro atoms. The summed E-state index contributed by atoms with van der Waals surface area (Å²) in [7, 11) is 0. The molecule has 6 heteroatoms. The number of hydrogen-bond donors (Lipinski definition) is 0. The predicted molar refractivity (Wildman–Crippen MR) is 74.2 cm³/mol. The van der Waals surface area contributed by atoms with Crippen molar-refractivity contribution in [3.63, 3.8) is 0 Å². The van der Waals surface area contributed by atoms with E-state index in [9.17, 15) is 0 Å². The smallest absolute Gasteiger partial charge is 0.248 e. The van der Waals surface area contributed by atoms with Gasteiger partial charge in [-0.15, -0.1) is 21.8 Å². The van der Waals surface area contributed by atoms with Gasteiger partial charge in [0, 0.05) is 21.2 Å². The standard InChI is InChI=1S/C11H9Br2ClN2O/c12-7-3-4-8(9(13)6-7)11-16-15-10(17-11)2-1-5-14/h3-4,6H,1-2,5H2. The molecule has 0 bridgehead atoms. The number of alkyl halides is 1. The first-order valence-electron chi connectivity index (χ1n) is 5.04. The quantitative estimate of drug-likeness (QED) is 0.737. The van der Waals surface area contributed by atoms with Crippen LogP contribution in [0, 0.1) is 0 Å². The molecule has 0 amide bonds. The first-order chi connectivity index (χ1) is 8.20. The molecule has 2 aromatic rings. The number of benzene rings is 1. The van der Waals surface area contributed by atoms with Crippen molar-refractivity contribution < 1.29 is 4.42 Å². The Balaban J connectivity index is 2.24. The van der Waals surface area contributed by atoms with Crippen LogP contribution in [0.1, 0.15) is 12.3 Å². The summed E-state index contributed by atoms with van der Waals surface area (Å²) in [5, 5.41) is 8.01. The van der Waals surface area contributed by atoms with Crippen LogP contribution in [-0.4, -0.2) is 16.1 Å². The number of halogens is 3. The monoisotopic (exact) mass is 378 g/mol. The fourth-order valence-corrected chi connectivity index (χ4v) is 2.69. The molecule has 0 unspecified atom stereocenters. The molecule has 0 radical (unpaired) electrons. The number of nitrogens with zero attached hydrogens (tertiary/aromatic N) is 2. The van der Waals surface area contributed by atoms with Gasteiger partial charge in [-0.3, -0.25) is 0 Å². The molecule has 0 fully saturated rings. The average molecular weight is 380 g/mol. The van der Waals surface area contributed by atoms with Crippen molar-refractivity contribution in [3.8, 4) is 11.5 Å². The molecule has 1 heterocycles. The molecular weight excluding hydrogens is 371 g/mol. The maximum Gasteiger partial charge on any atom is 0.248 e. The molecular formula is C11H9Br2ClN2O. The highest BCUT2D eigenvalue weighted by molar-refractivity contribution is 9.11. The summed E-state index contributed by atoms with van der Waals surface area (Å²) in [5.74, 6) is 1.74. The summed E-state index contributed by atoms with van der Waals surface area (Å²) >= 11 is 12.5. The lowest BCUT2D eigenvalue weighted by molar-refractivity contribution is 0.502. The summed E-state index contributed by atoms with van der Waals surface area (Å²) in [5.41, 5.74) is 0.887. The number of aryl methyl sites for hydroxylation is 1. The highest BCUT2D eigenvalue weighted by atomic mass is 79.9. The van der Waals surface area contributed by atoms with Gasteiger partial charge < -0.3 is 4.42 Å². The van der Waals surface area contributed by atoms with Crippen molar-refractivity contribution in [2.24, 2.45) is 0 Å². The fourth-order valence-electron chi connectivity index (χ4n) is 1.34. The lowest BCUT2D eigenvalue weighted by Crippen LogP contribution is -1.85. The van der Waals surface area contributed by atoms with Gasteiger partial charge >= 0.3 is 0 Å². The Kier molecular flexibility index (Phi) is 4.59. The van der Waals surface area contributed by atoms with Crippen LogP contribution in [0.3, 0.4) is 0 Å². The zero-order chi connectivity index (χ0) is 12.3. The lowest BCUT2D eigenvalue weighted by atomic mass is 10.2. The van der Waals surface area contributed by atoms with Crippen LogP contribution in [0.15, 0.2) is 31.6 Å². The number of rotatable bonds is 4. The normalized spacial score (nSPS) is 10.8. The van der Waals surface area contributed by atoms with Gasteiger partial charge in [-0.25, -0.2) is 0 Å². The van der Waals surface area contributed by atoms with Gasteiger partial charge in [0.2, 0.25) is 11.8 Å². The van der Waals surface area contributed by atoms with E-state index in [0.717, 1.165) is 20.9 Å². The molecule has 3 nitrogen and oxygen atoms in total. The molecule has 90 valence electrons. The average Bonchev–Trinajstić information content (AvgIpc) is 2.75. The van der Waals surface area contributed by atoms with E-state index in [1.165, 1.54) is 0 Å². The number of hydrogen-bond acceptors (Lipinski definition) is 3. The van der Waals surface area contributed by atoms with Gasteiger partial charge in [0.1, 0.15) is 0 Å². The first-order valence-corrected chi connectivity index (χ1v) is 7.16. The third-order valence-corrected chi connectivity index (χ3v) is 3.57. The summed E-state index contributed by atoms with van der Waals surface area (Å²) in [6.07, 6.45) is 1.55. The lowest BCUT2D eigenvalue weighted by Gasteiger charge is -1.99. The van der Waals surface area contributed by atoms with Crippen LogP contribution >= 0.6 is 43.5 Å². The highest BCUT2D eigenvalue weighted by Crippen LogP contribution is 2.29. The summed E-state index contributed by atoms with van der Waals surface area (Å²) in [6, 6.07) is 5.80. The Bertz CT molecular complexity index is 516. The molecule has 0 saturated heterocycles. The van der Waals surface area contributed by atoms with E-state index >= 15 is 0 Å². The van der Waals surface area contributed by atoms with Gasteiger partial charge in [0.25, 0.3) is 0 Å². The molecule has 0 atom stereocenters. The maximum atomic E-state index is 5.62.